The van der Waals surface area contributed by atoms with Gasteiger partial charge in [0.15, 0.2) is 15.3 Å². The number of H-pyrrole nitrogens is 1. The van der Waals surface area contributed by atoms with Crippen molar-refractivity contribution < 1.29 is 13.2 Å². The third-order valence-corrected chi connectivity index (χ3v) is 4.83. The summed E-state index contributed by atoms with van der Waals surface area (Å²) in [7, 11) is -1.48. The molecule has 1 aromatic rings. The first-order valence-corrected chi connectivity index (χ1v) is 7.37. The summed E-state index contributed by atoms with van der Waals surface area (Å²) in [4.78, 5) is 27.3. The van der Waals surface area contributed by atoms with E-state index in [1.807, 2.05) is 0 Å². The van der Waals surface area contributed by atoms with Crippen LogP contribution in [0.1, 0.15) is 16.9 Å². The molecule has 2 rings (SSSR count). The quantitative estimate of drug-likeness (QED) is 0.794. The van der Waals surface area contributed by atoms with Gasteiger partial charge in [-0.3, -0.25) is 9.59 Å². The van der Waals surface area contributed by atoms with E-state index in [0.29, 0.717) is 6.42 Å². The van der Waals surface area contributed by atoms with Gasteiger partial charge in [-0.1, -0.05) is 0 Å². The van der Waals surface area contributed by atoms with Crippen molar-refractivity contribution >= 4 is 15.7 Å². The average molecular weight is 270 g/mol. The number of nitrogens with one attached hydrogen (secondary N) is 1. The Kier molecular flexibility index (Phi) is 3.25. The first kappa shape index (κ1) is 12.8. The van der Waals surface area contributed by atoms with Crippen LogP contribution in [0.2, 0.25) is 0 Å². The lowest BCUT2D eigenvalue weighted by Crippen LogP contribution is -2.38. The van der Waals surface area contributed by atoms with Gasteiger partial charge >= 0.3 is 0 Å². The normalized spacial score (nSPS) is 21.7. The molecule has 1 unspecified atom stereocenters. The molecule has 0 aromatic carbocycles. The van der Waals surface area contributed by atoms with Crippen molar-refractivity contribution in [1.82, 2.24) is 9.88 Å². The van der Waals surface area contributed by atoms with Crippen LogP contribution in [0.5, 0.6) is 0 Å². The highest BCUT2D eigenvalue weighted by atomic mass is 32.2. The Balaban J connectivity index is 2.17. The largest absolute Gasteiger partial charge is 0.357 e. The molecule has 1 amide bonds. The molecule has 0 spiro atoms. The fourth-order valence-corrected chi connectivity index (χ4v) is 3.78. The van der Waals surface area contributed by atoms with Crippen molar-refractivity contribution in [1.29, 1.82) is 0 Å². The van der Waals surface area contributed by atoms with Gasteiger partial charge in [-0.25, -0.2) is 8.42 Å². The van der Waals surface area contributed by atoms with E-state index in [4.69, 9.17) is 0 Å². The first-order valence-electron chi connectivity index (χ1n) is 5.55. The van der Waals surface area contributed by atoms with Crippen LogP contribution in [0.3, 0.4) is 0 Å². The first-order chi connectivity index (χ1) is 8.39. The van der Waals surface area contributed by atoms with Gasteiger partial charge in [0, 0.05) is 31.4 Å². The summed E-state index contributed by atoms with van der Waals surface area (Å²) in [5, 5.41) is 0. The van der Waals surface area contributed by atoms with Crippen LogP contribution >= 0.6 is 0 Å². The standard InChI is InChI=1S/C11H14N2O4S/c1-13(8-3-5-18(16,17)7-8)11(15)10-6-9(14)2-4-12-10/h2,4,6,8H,3,5,7H2,1H3,(H,12,14). The molecule has 1 fully saturated rings. The van der Waals surface area contributed by atoms with Gasteiger partial charge in [0.05, 0.1) is 11.5 Å². The van der Waals surface area contributed by atoms with Gasteiger partial charge in [0.2, 0.25) is 0 Å². The molecule has 1 aliphatic rings. The molecule has 0 saturated carbocycles. The summed E-state index contributed by atoms with van der Waals surface area (Å²) in [5.74, 6) is -0.262. The van der Waals surface area contributed by atoms with E-state index < -0.39 is 9.84 Å². The molecule has 0 radical (unpaired) electrons. The van der Waals surface area contributed by atoms with Gasteiger partial charge < -0.3 is 9.88 Å². The Morgan fingerprint density at radius 1 is 1.50 bits per heavy atom. The van der Waals surface area contributed by atoms with Crippen molar-refractivity contribution in [3.63, 3.8) is 0 Å². The zero-order valence-corrected chi connectivity index (χ0v) is 10.7. The summed E-state index contributed by atoms with van der Waals surface area (Å²) in [6, 6.07) is 2.21. The third kappa shape index (κ3) is 2.61. The molecular weight excluding hydrogens is 256 g/mol. The number of carbonyl (C=O) groups is 1. The van der Waals surface area contributed by atoms with Crippen molar-refractivity contribution in [3.05, 3.63) is 34.2 Å². The summed E-state index contributed by atoms with van der Waals surface area (Å²) < 4.78 is 22.7. The van der Waals surface area contributed by atoms with E-state index in [0.717, 1.165) is 0 Å². The summed E-state index contributed by atoms with van der Waals surface area (Å²) in [6.45, 7) is 0. The maximum atomic E-state index is 12.1. The molecule has 0 aliphatic carbocycles. The SMILES string of the molecule is CN(C(=O)c1cc(=O)cc[nH]1)C1CCS(=O)(=O)C1. The lowest BCUT2D eigenvalue weighted by atomic mass is 10.2. The van der Waals surface area contributed by atoms with Gasteiger partial charge in [0.1, 0.15) is 5.69 Å². The van der Waals surface area contributed by atoms with Crippen LogP contribution in [-0.4, -0.2) is 48.8 Å². The number of rotatable bonds is 2. The van der Waals surface area contributed by atoms with E-state index >= 15 is 0 Å². The fraction of sp³-hybridized carbons (Fsp3) is 0.455. The molecule has 1 N–H and O–H groups in total. The number of pyridine rings is 1. The molecule has 1 saturated heterocycles. The monoisotopic (exact) mass is 270 g/mol. The van der Waals surface area contributed by atoms with Crippen LogP contribution in [0.4, 0.5) is 0 Å². The number of hydrogen-bond donors (Lipinski definition) is 1. The molecule has 18 heavy (non-hydrogen) atoms. The second kappa shape index (κ2) is 4.56. The number of aromatic amines is 1. The Labute approximate surface area is 105 Å². The average Bonchev–Trinajstić information content (AvgIpc) is 2.68. The lowest BCUT2D eigenvalue weighted by Gasteiger charge is -2.23. The number of carbonyl (C=O) groups excluding carboxylic acids is 1. The van der Waals surface area contributed by atoms with Crippen molar-refractivity contribution in [2.24, 2.45) is 0 Å². The molecule has 98 valence electrons. The van der Waals surface area contributed by atoms with E-state index in [-0.39, 0.29) is 34.6 Å². The molecule has 7 heteroatoms. The predicted molar refractivity (Wildman–Crippen MR) is 66.2 cm³/mol. The Hall–Kier alpha value is -1.63. The Morgan fingerprint density at radius 3 is 2.78 bits per heavy atom. The van der Waals surface area contributed by atoms with E-state index in [1.165, 1.54) is 23.2 Å². The molecule has 0 bridgehead atoms. The summed E-state index contributed by atoms with van der Waals surface area (Å²) in [6.07, 6.45) is 1.84. The summed E-state index contributed by atoms with van der Waals surface area (Å²) >= 11 is 0. The molecule has 2 heterocycles. The molecular formula is C11H14N2O4S. The Morgan fingerprint density at radius 2 is 2.22 bits per heavy atom. The van der Waals surface area contributed by atoms with Crippen LogP contribution in [0.25, 0.3) is 0 Å². The predicted octanol–water partition coefficient (Wildman–Crippen LogP) is -0.366. The summed E-state index contributed by atoms with van der Waals surface area (Å²) in [5.41, 5.74) is -0.0844. The van der Waals surface area contributed by atoms with Gasteiger partial charge in [-0.15, -0.1) is 0 Å². The number of amides is 1. The van der Waals surface area contributed by atoms with Crippen LogP contribution in [0, 0.1) is 0 Å². The minimum Gasteiger partial charge on any atom is -0.357 e. The van der Waals surface area contributed by atoms with E-state index in [2.05, 4.69) is 4.98 Å². The number of sulfone groups is 1. The zero-order valence-electron chi connectivity index (χ0n) is 9.92. The van der Waals surface area contributed by atoms with Crippen molar-refractivity contribution in [2.45, 2.75) is 12.5 Å². The van der Waals surface area contributed by atoms with Gasteiger partial charge in [0.25, 0.3) is 5.91 Å². The molecule has 1 aromatic heterocycles. The van der Waals surface area contributed by atoms with E-state index in [9.17, 15) is 18.0 Å². The molecule has 6 nitrogen and oxygen atoms in total. The smallest absolute Gasteiger partial charge is 0.270 e. The highest BCUT2D eigenvalue weighted by Crippen LogP contribution is 2.17. The van der Waals surface area contributed by atoms with Gasteiger partial charge in [-0.05, 0) is 6.42 Å². The second-order valence-corrected chi connectivity index (χ2v) is 6.64. The topological polar surface area (TPSA) is 87.3 Å². The highest BCUT2D eigenvalue weighted by molar-refractivity contribution is 7.91. The second-order valence-electron chi connectivity index (χ2n) is 4.41. The van der Waals surface area contributed by atoms with Crippen LogP contribution < -0.4 is 5.43 Å². The maximum Gasteiger partial charge on any atom is 0.270 e. The van der Waals surface area contributed by atoms with Gasteiger partial charge in [-0.2, -0.15) is 0 Å². The number of nitrogens with zero attached hydrogens (tertiary/aromatic N) is 1. The zero-order chi connectivity index (χ0) is 13.3. The van der Waals surface area contributed by atoms with Crippen molar-refractivity contribution in [3.8, 4) is 0 Å². The number of hydrogen-bond acceptors (Lipinski definition) is 4. The Bertz CT molecular complexity index is 620. The maximum absolute atomic E-state index is 12.1. The van der Waals surface area contributed by atoms with Crippen LogP contribution in [0.15, 0.2) is 23.1 Å². The minimum atomic E-state index is -3.03. The fourth-order valence-electron chi connectivity index (χ4n) is 2.01. The highest BCUT2D eigenvalue weighted by Gasteiger charge is 2.33. The third-order valence-electron chi connectivity index (χ3n) is 3.08. The van der Waals surface area contributed by atoms with Crippen molar-refractivity contribution in [2.75, 3.05) is 18.6 Å². The number of aromatic nitrogens is 1. The molecule has 1 atom stereocenters. The van der Waals surface area contributed by atoms with E-state index in [1.54, 1.807) is 7.05 Å². The minimum absolute atomic E-state index is 0.00763. The van der Waals surface area contributed by atoms with Crippen LogP contribution in [-0.2, 0) is 9.84 Å². The lowest BCUT2D eigenvalue weighted by molar-refractivity contribution is 0.0741. The molecule has 1 aliphatic heterocycles.